The van der Waals surface area contributed by atoms with Gasteiger partial charge in [-0.15, -0.1) is 0 Å². The molecule has 0 saturated carbocycles. The SMILES string of the molecule is [2H]C([2H])([2H])NC(=O)c1ccc(N2CCN(Cc3cnc4c(C)c(C(F)(F)F)c(=O)[nH]c4c3)CC2)cn1. The van der Waals surface area contributed by atoms with Gasteiger partial charge in [-0.1, -0.05) is 0 Å². The summed E-state index contributed by atoms with van der Waals surface area (Å²) in [6, 6.07) is 4.82. The highest BCUT2D eigenvalue weighted by molar-refractivity contribution is 5.92. The molecule has 0 spiro atoms. The van der Waals surface area contributed by atoms with Gasteiger partial charge in [-0.3, -0.25) is 19.5 Å². The number of aryl methyl sites for hydroxylation is 1. The number of nitrogens with one attached hydrogen (secondary N) is 2. The molecular weight excluding hydrogens is 437 g/mol. The van der Waals surface area contributed by atoms with E-state index in [-0.39, 0.29) is 22.3 Å². The molecule has 3 aromatic rings. The summed E-state index contributed by atoms with van der Waals surface area (Å²) >= 11 is 0. The van der Waals surface area contributed by atoms with E-state index < -0.39 is 30.2 Å². The van der Waals surface area contributed by atoms with Crippen LogP contribution in [-0.2, 0) is 12.7 Å². The number of pyridine rings is 3. The van der Waals surface area contributed by atoms with Gasteiger partial charge in [0.2, 0.25) is 0 Å². The molecule has 0 unspecified atom stereocenters. The van der Waals surface area contributed by atoms with Crippen LogP contribution in [0, 0.1) is 6.92 Å². The first-order valence-corrected chi connectivity index (χ1v) is 10.2. The Labute approximate surface area is 191 Å². The maximum absolute atomic E-state index is 13.2. The van der Waals surface area contributed by atoms with Crippen LogP contribution in [0.1, 0.15) is 31.3 Å². The highest BCUT2D eigenvalue weighted by Crippen LogP contribution is 2.31. The third-order valence-electron chi connectivity index (χ3n) is 5.67. The van der Waals surface area contributed by atoms with Crippen LogP contribution >= 0.6 is 0 Å². The van der Waals surface area contributed by atoms with E-state index in [9.17, 15) is 22.8 Å². The van der Waals surface area contributed by atoms with Gasteiger partial charge in [0.15, 0.2) is 0 Å². The highest BCUT2D eigenvalue weighted by atomic mass is 19.4. The zero-order valence-electron chi connectivity index (χ0n) is 20.7. The second kappa shape index (κ2) is 8.81. The molecule has 4 rings (SSSR count). The number of hydrogen-bond donors (Lipinski definition) is 2. The molecule has 0 aromatic carbocycles. The van der Waals surface area contributed by atoms with Gasteiger partial charge in [0.1, 0.15) is 11.3 Å². The third-order valence-corrected chi connectivity index (χ3v) is 5.67. The number of alkyl halides is 3. The molecule has 11 heteroatoms. The van der Waals surface area contributed by atoms with Crippen molar-refractivity contribution in [1.82, 2.24) is 25.2 Å². The summed E-state index contributed by atoms with van der Waals surface area (Å²) in [5, 5.41) is 1.89. The minimum atomic E-state index is -4.76. The molecular formula is C22H23F3N6O2. The molecule has 0 atom stereocenters. The number of hydrogen-bond acceptors (Lipinski definition) is 6. The van der Waals surface area contributed by atoms with Crippen LogP contribution in [-0.4, -0.2) is 58.9 Å². The van der Waals surface area contributed by atoms with Gasteiger partial charge >= 0.3 is 6.18 Å². The summed E-state index contributed by atoms with van der Waals surface area (Å²) in [5.41, 5.74) is -0.681. The second-order valence-electron chi connectivity index (χ2n) is 7.81. The smallest absolute Gasteiger partial charge is 0.368 e. The highest BCUT2D eigenvalue weighted by Gasteiger charge is 2.36. The lowest BCUT2D eigenvalue weighted by molar-refractivity contribution is -0.139. The maximum atomic E-state index is 13.2. The number of H-pyrrole nitrogens is 1. The number of nitrogens with zero attached hydrogens (tertiary/aromatic N) is 4. The van der Waals surface area contributed by atoms with E-state index in [0.717, 1.165) is 11.3 Å². The normalized spacial score (nSPS) is 16.8. The van der Waals surface area contributed by atoms with E-state index in [2.05, 4.69) is 24.8 Å². The van der Waals surface area contributed by atoms with E-state index in [1.165, 1.54) is 25.4 Å². The van der Waals surface area contributed by atoms with Crippen molar-refractivity contribution in [3.8, 4) is 0 Å². The van der Waals surface area contributed by atoms with Crippen molar-refractivity contribution in [1.29, 1.82) is 0 Å². The molecule has 174 valence electrons. The molecule has 1 saturated heterocycles. The van der Waals surface area contributed by atoms with Crippen LogP contribution in [0.4, 0.5) is 18.9 Å². The lowest BCUT2D eigenvalue weighted by atomic mass is 10.1. The average molecular weight is 463 g/mol. The summed E-state index contributed by atoms with van der Waals surface area (Å²) in [7, 11) is 0. The Balaban J connectivity index is 1.39. The number of rotatable bonds is 4. The molecule has 0 radical (unpaired) electrons. The number of fused-ring (bicyclic) bond motifs is 1. The van der Waals surface area contributed by atoms with Crippen molar-refractivity contribution in [3.05, 3.63) is 63.3 Å². The van der Waals surface area contributed by atoms with Gasteiger partial charge in [-0.2, -0.15) is 13.2 Å². The molecule has 0 bridgehead atoms. The van der Waals surface area contributed by atoms with E-state index in [1.54, 1.807) is 12.1 Å². The Morgan fingerprint density at radius 1 is 1.21 bits per heavy atom. The molecule has 1 aliphatic rings. The Morgan fingerprint density at radius 3 is 2.61 bits per heavy atom. The number of aromatic nitrogens is 3. The van der Waals surface area contributed by atoms with E-state index in [4.69, 9.17) is 4.11 Å². The topological polar surface area (TPSA) is 94.2 Å². The van der Waals surface area contributed by atoms with Crippen LogP contribution in [0.25, 0.3) is 11.0 Å². The van der Waals surface area contributed by atoms with Gasteiger partial charge in [-0.25, -0.2) is 4.98 Å². The quantitative estimate of drug-likeness (QED) is 0.617. The van der Waals surface area contributed by atoms with Crippen molar-refractivity contribution in [3.63, 3.8) is 0 Å². The van der Waals surface area contributed by atoms with E-state index >= 15 is 0 Å². The average Bonchev–Trinajstić information content (AvgIpc) is 2.77. The van der Waals surface area contributed by atoms with Gasteiger partial charge < -0.3 is 15.2 Å². The Kier molecular flexibility index (Phi) is 5.09. The molecule has 8 nitrogen and oxygen atoms in total. The number of amides is 1. The van der Waals surface area contributed by atoms with Crippen molar-refractivity contribution in [2.75, 3.05) is 38.1 Å². The monoisotopic (exact) mass is 463 g/mol. The number of carbonyl (C=O) groups excluding carboxylic acids is 1. The predicted octanol–water partition coefficient (Wildman–Crippen LogP) is 2.33. The molecule has 4 heterocycles. The fraction of sp³-hybridized carbons (Fsp3) is 0.364. The Bertz CT molecular complexity index is 1330. The zero-order chi connectivity index (χ0) is 26.3. The van der Waals surface area contributed by atoms with Crippen LogP contribution in [0.15, 0.2) is 35.4 Å². The minimum absolute atomic E-state index is 0.00736. The first-order chi connectivity index (χ1) is 16.8. The lowest BCUT2D eigenvalue weighted by Crippen LogP contribution is -2.46. The number of piperazine rings is 1. The fourth-order valence-electron chi connectivity index (χ4n) is 4.00. The van der Waals surface area contributed by atoms with Gasteiger partial charge in [0, 0.05) is 50.0 Å². The summed E-state index contributed by atoms with van der Waals surface area (Å²) in [6.07, 6.45) is -1.72. The molecule has 3 aromatic heterocycles. The molecule has 1 aliphatic heterocycles. The minimum Gasteiger partial charge on any atom is -0.368 e. The number of anilines is 1. The summed E-state index contributed by atoms with van der Waals surface area (Å²) in [5.74, 6) is -0.776. The van der Waals surface area contributed by atoms with Crippen LogP contribution in [0.2, 0.25) is 0 Å². The molecule has 1 fully saturated rings. The number of aromatic amines is 1. The first kappa shape index (κ1) is 19.0. The largest absolute Gasteiger partial charge is 0.422 e. The van der Waals surface area contributed by atoms with Crippen LogP contribution < -0.4 is 15.8 Å². The van der Waals surface area contributed by atoms with Crippen molar-refractivity contribution in [2.45, 2.75) is 19.6 Å². The van der Waals surface area contributed by atoms with Crippen LogP contribution in [0.3, 0.4) is 0 Å². The second-order valence-corrected chi connectivity index (χ2v) is 7.81. The number of halogens is 3. The van der Waals surface area contributed by atoms with Gasteiger partial charge in [0.05, 0.1) is 22.9 Å². The molecule has 0 aliphatic carbocycles. The standard InChI is InChI=1S/C22H23F3N6O2/c1-13-18(22(23,24)25)21(33)29-17-9-14(10-28-19(13)17)12-30-5-7-31(8-6-30)15-3-4-16(27-11-15)20(32)26-2/h3-4,9-11H,5-8,12H2,1-2H3,(H,26,32)(H,29,33)/i2D3. The van der Waals surface area contributed by atoms with Crippen molar-refractivity contribution in [2.24, 2.45) is 0 Å². The molecule has 2 N–H and O–H groups in total. The van der Waals surface area contributed by atoms with Gasteiger partial charge in [-0.05, 0) is 36.2 Å². The fourth-order valence-corrected chi connectivity index (χ4v) is 4.00. The Morgan fingerprint density at radius 2 is 1.97 bits per heavy atom. The first-order valence-electron chi connectivity index (χ1n) is 11.7. The summed E-state index contributed by atoms with van der Waals surface area (Å²) < 4.78 is 60.9. The predicted molar refractivity (Wildman–Crippen MR) is 117 cm³/mol. The summed E-state index contributed by atoms with van der Waals surface area (Å²) in [4.78, 5) is 38.7. The molecule has 1 amide bonds. The summed E-state index contributed by atoms with van der Waals surface area (Å²) in [6.45, 7) is 1.85. The number of carbonyl (C=O) groups is 1. The van der Waals surface area contributed by atoms with Gasteiger partial charge in [0.25, 0.3) is 11.5 Å². The van der Waals surface area contributed by atoms with Crippen LogP contribution in [0.5, 0.6) is 0 Å². The lowest BCUT2D eigenvalue weighted by Gasteiger charge is -2.36. The molecule has 33 heavy (non-hydrogen) atoms. The third kappa shape index (κ3) is 4.68. The van der Waals surface area contributed by atoms with E-state index in [1.807, 2.05) is 5.32 Å². The van der Waals surface area contributed by atoms with Crippen molar-refractivity contribution < 1.29 is 22.1 Å². The van der Waals surface area contributed by atoms with E-state index in [0.29, 0.717) is 32.7 Å². The zero-order valence-corrected chi connectivity index (χ0v) is 17.7. The maximum Gasteiger partial charge on any atom is 0.422 e. The van der Waals surface area contributed by atoms with Crippen molar-refractivity contribution >= 4 is 22.6 Å². The Hall–Kier alpha value is -3.47.